The number of carbonyl (C=O) groups is 1. The standard InChI is InChI=1S/C12H10Cl2F5NO/c1-6(8-4-3-7(13)5-9(8)14)20(2)10(21)11(15,16)12(17,18)19/h3-6H,1-2H3. The Labute approximate surface area is 127 Å². The van der Waals surface area contributed by atoms with Gasteiger partial charge in [0.1, 0.15) is 0 Å². The van der Waals surface area contributed by atoms with Crippen LogP contribution >= 0.6 is 23.2 Å². The predicted molar refractivity (Wildman–Crippen MR) is 68.6 cm³/mol. The summed E-state index contributed by atoms with van der Waals surface area (Å²) >= 11 is 11.5. The number of hydrogen-bond acceptors (Lipinski definition) is 1. The second kappa shape index (κ2) is 5.96. The van der Waals surface area contributed by atoms with E-state index < -0.39 is 24.0 Å². The van der Waals surface area contributed by atoms with Crippen LogP contribution < -0.4 is 0 Å². The first-order valence-corrected chi connectivity index (χ1v) is 6.32. The number of nitrogens with zero attached hydrogens (tertiary/aromatic N) is 1. The van der Waals surface area contributed by atoms with Gasteiger partial charge in [-0.25, -0.2) is 0 Å². The Morgan fingerprint density at radius 1 is 1.19 bits per heavy atom. The summed E-state index contributed by atoms with van der Waals surface area (Å²) in [6, 6.07) is 2.95. The van der Waals surface area contributed by atoms with Crippen molar-refractivity contribution in [3.63, 3.8) is 0 Å². The Hall–Kier alpha value is -1.08. The van der Waals surface area contributed by atoms with Gasteiger partial charge in [-0.05, 0) is 24.6 Å². The minimum atomic E-state index is -5.96. The summed E-state index contributed by atoms with van der Waals surface area (Å²) in [5.74, 6) is -7.82. The van der Waals surface area contributed by atoms with E-state index in [-0.39, 0.29) is 15.6 Å². The molecule has 0 aromatic heterocycles. The number of amides is 1. The van der Waals surface area contributed by atoms with Crippen molar-refractivity contribution in [3.8, 4) is 0 Å². The van der Waals surface area contributed by atoms with Gasteiger partial charge in [0.15, 0.2) is 0 Å². The lowest BCUT2D eigenvalue weighted by atomic mass is 10.1. The van der Waals surface area contributed by atoms with Crippen LogP contribution in [-0.4, -0.2) is 30.0 Å². The summed E-state index contributed by atoms with van der Waals surface area (Å²) in [5.41, 5.74) is 0.204. The first kappa shape index (κ1) is 18.0. The fraction of sp³-hybridized carbons (Fsp3) is 0.417. The number of hydrogen-bond donors (Lipinski definition) is 0. The van der Waals surface area contributed by atoms with E-state index in [1.54, 1.807) is 0 Å². The van der Waals surface area contributed by atoms with Crippen molar-refractivity contribution in [2.45, 2.75) is 25.1 Å². The molecule has 1 unspecified atom stereocenters. The number of carbonyl (C=O) groups excluding carboxylic acids is 1. The van der Waals surface area contributed by atoms with E-state index in [0.717, 1.165) is 7.05 Å². The average molecular weight is 350 g/mol. The zero-order valence-electron chi connectivity index (χ0n) is 10.8. The first-order chi connectivity index (χ1) is 9.39. The van der Waals surface area contributed by atoms with Crippen LogP contribution in [0.15, 0.2) is 18.2 Å². The second-order valence-corrected chi connectivity index (χ2v) is 5.17. The van der Waals surface area contributed by atoms with Gasteiger partial charge in [-0.2, -0.15) is 22.0 Å². The molecule has 2 nitrogen and oxygen atoms in total. The third-order valence-electron chi connectivity index (χ3n) is 2.94. The molecule has 21 heavy (non-hydrogen) atoms. The molecule has 0 fully saturated rings. The van der Waals surface area contributed by atoms with Gasteiger partial charge in [-0.15, -0.1) is 0 Å². The molecule has 1 rings (SSSR count). The molecular weight excluding hydrogens is 340 g/mol. The molecule has 9 heteroatoms. The van der Waals surface area contributed by atoms with Crippen LogP contribution in [0.4, 0.5) is 22.0 Å². The van der Waals surface area contributed by atoms with Gasteiger partial charge in [0.2, 0.25) is 0 Å². The Morgan fingerprint density at radius 3 is 2.14 bits per heavy atom. The molecule has 0 saturated carbocycles. The Kier molecular flexibility index (Phi) is 5.10. The SMILES string of the molecule is CC(c1ccc(Cl)cc1Cl)N(C)C(=O)C(F)(F)C(F)(F)F. The zero-order valence-corrected chi connectivity index (χ0v) is 12.3. The highest BCUT2D eigenvalue weighted by Gasteiger charge is 2.64. The quantitative estimate of drug-likeness (QED) is 0.723. The smallest absolute Gasteiger partial charge is 0.333 e. The molecule has 0 aliphatic rings. The predicted octanol–water partition coefficient (Wildman–Crippen LogP) is 4.71. The van der Waals surface area contributed by atoms with Crippen molar-refractivity contribution in [1.29, 1.82) is 0 Å². The molecule has 1 atom stereocenters. The van der Waals surface area contributed by atoms with Gasteiger partial charge in [0, 0.05) is 17.1 Å². The molecule has 0 radical (unpaired) electrons. The molecular formula is C12H10Cl2F5NO. The van der Waals surface area contributed by atoms with Crippen molar-refractivity contribution in [2.24, 2.45) is 0 Å². The third-order valence-corrected chi connectivity index (χ3v) is 3.50. The topological polar surface area (TPSA) is 20.3 Å². The monoisotopic (exact) mass is 349 g/mol. The normalized spacial score (nSPS) is 14.0. The zero-order chi connectivity index (χ0) is 16.6. The summed E-state index contributed by atoms with van der Waals surface area (Å²) in [5, 5.41) is 0.329. The largest absolute Gasteiger partial charge is 0.463 e. The lowest BCUT2D eigenvalue weighted by Gasteiger charge is -2.30. The van der Waals surface area contributed by atoms with Crippen LogP contribution in [0.3, 0.4) is 0 Å². The summed E-state index contributed by atoms with van der Waals surface area (Å²) in [4.78, 5) is 11.7. The van der Waals surface area contributed by atoms with Gasteiger partial charge in [-0.1, -0.05) is 29.3 Å². The molecule has 0 heterocycles. The number of rotatable bonds is 3. The molecule has 118 valence electrons. The van der Waals surface area contributed by atoms with Gasteiger partial charge in [-0.3, -0.25) is 4.79 Å². The van der Waals surface area contributed by atoms with Crippen LogP contribution in [0.1, 0.15) is 18.5 Å². The van der Waals surface area contributed by atoms with Gasteiger partial charge >= 0.3 is 18.0 Å². The molecule has 0 N–H and O–H groups in total. The molecule has 1 aromatic carbocycles. The molecule has 0 aliphatic carbocycles. The molecule has 0 bridgehead atoms. The maximum atomic E-state index is 13.0. The van der Waals surface area contributed by atoms with Gasteiger partial charge < -0.3 is 4.90 Å². The highest BCUT2D eigenvalue weighted by molar-refractivity contribution is 6.35. The fourth-order valence-electron chi connectivity index (χ4n) is 1.57. The van der Waals surface area contributed by atoms with E-state index in [4.69, 9.17) is 23.2 Å². The van der Waals surface area contributed by atoms with Crippen LogP contribution in [0.25, 0.3) is 0 Å². The van der Waals surface area contributed by atoms with Crippen LogP contribution in [0.2, 0.25) is 10.0 Å². The lowest BCUT2D eigenvalue weighted by Crippen LogP contribution is -2.51. The van der Waals surface area contributed by atoms with Crippen molar-refractivity contribution in [2.75, 3.05) is 7.05 Å². The fourth-order valence-corrected chi connectivity index (χ4v) is 2.13. The number of alkyl halides is 5. The van der Waals surface area contributed by atoms with Gasteiger partial charge in [0.25, 0.3) is 0 Å². The Balaban J connectivity index is 3.08. The minimum absolute atomic E-state index is 0.0602. The Bertz CT molecular complexity index is 547. The summed E-state index contributed by atoms with van der Waals surface area (Å²) in [6.45, 7) is 1.28. The van der Waals surface area contributed by atoms with Crippen molar-refractivity contribution < 1.29 is 26.7 Å². The second-order valence-electron chi connectivity index (χ2n) is 4.33. The minimum Gasteiger partial charge on any atom is -0.333 e. The maximum Gasteiger partial charge on any atom is 0.463 e. The van der Waals surface area contributed by atoms with Crippen molar-refractivity contribution in [3.05, 3.63) is 33.8 Å². The van der Waals surface area contributed by atoms with Crippen LogP contribution in [0.5, 0.6) is 0 Å². The first-order valence-electron chi connectivity index (χ1n) is 5.56. The highest BCUT2D eigenvalue weighted by atomic mass is 35.5. The third kappa shape index (κ3) is 3.58. The van der Waals surface area contributed by atoms with E-state index in [1.165, 1.54) is 25.1 Å². The molecule has 1 aromatic rings. The number of benzene rings is 1. The van der Waals surface area contributed by atoms with Crippen molar-refractivity contribution >= 4 is 29.1 Å². The molecule has 0 spiro atoms. The molecule has 0 saturated heterocycles. The lowest BCUT2D eigenvalue weighted by molar-refractivity contribution is -0.274. The van der Waals surface area contributed by atoms with E-state index in [1.807, 2.05) is 0 Å². The summed E-state index contributed by atoms with van der Waals surface area (Å²) < 4.78 is 62.7. The van der Waals surface area contributed by atoms with E-state index in [0.29, 0.717) is 4.90 Å². The van der Waals surface area contributed by atoms with E-state index in [9.17, 15) is 26.7 Å². The average Bonchev–Trinajstić information content (AvgIpc) is 2.34. The van der Waals surface area contributed by atoms with E-state index >= 15 is 0 Å². The number of halogens is 7. The van der Waals surface area contributed by atoms with Crippen LogP contribution in [-0.2, 0) is 4.79 Å². The Morgan fingerprint density at radius 2 is 1.71 bits per heavy atom. The van der Waals surface area contributed by atoms with Gasteiger partial charge in [0.05, 0.1) is 6.04 Å². The van der Waals surface area contributed by atoms with E-state index in [2.05, 4.69) is 0 Å². The van der Waals surface area contributed by atoms with Crippen molar-refractivity contribution in [1.82, 2.24) is 4.90 Å². The maximum absolute atomic E-state index is 13.0. The molecule has 0 aliphatic heterocycles. The molecule has 1 amide bonds. The van der Waals surface area contributed by atoms with Crippen LogP contribution in [0, 0.1) is 0 Å². The summed E-state index contributed by atoms with van der Waals surface area (Å²) in [6.07, 6.45) is -5.96. The highest BCUT2D eigenvalue weighted by Crippen LogP contribution is 2.39. The summed E-state index contributed by atoms with van der Waals surface area (Å²) in [7, 11) is 0.845.